The van der Waals surface area contributed by atoms with Crippen molar-refractivity contribution in [2.75, 3.05) is 0 Å². The van der Waals surface area contributed by atoms with Crippen LogP contribution in [0.4, 0.5) is 4.39 Å². The first-order chi connectivity index (χ1) is 14.5. The maximum atomic E-state index is 14.7. The third-order valence-corrected chi connectivity index (χ3v) is 5.31. The lowest BCUT2D eigenvalue weighted by atomic mass is 9.95. The number of amides is 1. The molecule has 1 heterocycles. The summed E-state index contributed by atoms with van der Waals surface area (Å²) in [5.41, 5.74) is 1.09. The summed E-state index contributed by atoms with van der Waals surface area (Å²) in [6, 6.07) is 20.2. The predicted octanol–water partition coefficient (Wildman–Crippen LogP) is 5.10. The molecule has 0 aliphatic carbocycles. The van der Waals surface area contributed by atoms with Gasteiger partial charge in [0.15, 0.2) is 0 Å². The summed E-state index contributed by atoms with van der Waals surface area (Å²) >= 11 is 5.91. The third-order valence-electron chi connectivity index (χ3n) is 5.05. The van der Waals surface area contributed by atoms with Gasteiger partial charge < -0.3 is 10.0 Å². The molecule has 4 nitrogen and oxygen atoms in total. The average molecular weight is 422 g/mol. The fraction of sp³-hybridized carbons (Fsp3) is 0.0833. The van der Waals surface area contributed by atoms with Gasteiger partial charge in [0.1, 0.15) is 11.6 Å². The van der Waals surface area contributed by atoms with Gasteiger partial charge in [-0.2, -0.15) is 0 Å². The zero-order valence-corrected chi connectivity index (χ0v) is 16.5. The quantitative estimate of drug-likeness (QED) is 0.362. The van der Waals surface area contributed by atoms with Gasteiger partial charge >= 0.3 is 0 Å². The van der Waals surface area contributed by atoms with Gasteiger partial charge in [-0.05, 0) is 35.9 Å². The molecule has 6 heteroatoms. The molecule has 1 amide bonds. The second kappa shape index (κ2) is 8.13. The molecule has 0 unspecified atom stereocenters. The minimum absolute atomic E-state index is 0.0990. The average Bonchev–Trinajstić information content (AvgIpc) is 3.00. The number of likely N-dealkylation sites (tertiary alicyclic amines) is 1. The van der Waals surface area contributed by atoms with E-state index in [2.05, 4.69) is 0 Å². The highest BCUT2D eigenvalue weighted by Crippen LogP contribution is 2.41. The van der Waals surface area contributed by atoms with Gasteiger partial charge in [-0.25, -0.2) is 4.39 Å². The number of carbonyl (C=O) groups excluding carboxylic acids is 2. The summed E-state index contributed by atoms with van der Waals surface area (Å²) < 4.78 is 14.7. The normalized spacial score (nSPS) is 18.1. The van der Waals surface area contributed by atoms with Crippen LogP contribution in [0.3, 0.4) is 0 Å². The van der Waals surface area contributed by atoms with Crippen LogP contribution < -0.4 is 0 Å². The molecule has 4 rings (SSSR count). The van der Waals surface area contributed by atoms with Crippen LogP contribution >= 0.6 is 11.6 Å². The number of rotatable bonds is 4. The second-order valence-corrected chi connectivity index (χ2v) is 7.38. The number of halogens is 2. The van der Waals surface area contributed by atoms with Crippen molar-refractivity contribution >= 4 is 29.1 Å². The molecular weight excluding hydrogens is 405 g/mol. The third kappa shape index (κ3) is 3.60. The van der Waals surface area contributed by atoms with Crippen molar-refractivity contribution in [2.45, 2.75) is 12.6 Å². The van der Waals surface area contributed by atoms with Crippen molar-refractivity contribution in [2.24, 2.45) is 0 Å². The zero-order valence-electron chi connectivity index (χ0n) is 15.8. The molecular formula is C24H17ClFNO3. The van der Waals surface area contributed by atoms with E-state index in [4.69, 9.17) is 11.6 Å². The van der Waals surface area contributed by atoms with Gasteiger partial charge in [-0.15, -0.1) is 0 Å². The molecule has 0 spiro atoms. The van der Waals surface area contributed by atoms with Gasteiger partial charge in [-0.3, -0.25) is 9.59 Å². The van der Waals surface area contributed by atoms with Gasteiger partial charge in [-0.1, -0.05) is 60.1 Å². The number of ketones is 1. The lowest BCUT2D eigenvalue weighted by Crippen LogP contribution is -2.29. The number of aliphatic hydroxyl groups excluding tert-OH is 1. The number of aliphatic hydroxyl groups is 1. The molecule has 0 aromatic heterocycles. The minimum atomic E-state index is -1.05. The Labute approximate surface area is 177 Å². The molecule has 0 saturated carbocycles. The highest BCUT2D eigenvalue weighted by molar-refractivity contribution is 6.46. The van der Waals surface area contributed by atoms with Crippen molar-refractivity contribution in [1.29, 1.82) is 0 Å². The van der Waals surface area contributed by atoms with E-state index in [1.54, 1.807) is 30.3 Å². The Morgan fingerprint density at radius 1 is 0.933 bits per heavy atom. The summed E-state index contributed by atoms with van der Waals surface area (Å²) in [6.45, 7) is 0.0990. The van der Waals surface area contributed by atoms with Crippen LogP contribution in [0.15, 0.2) is 84.4 Å². The molecule has 1 aliphatic rings. The summed E-state index contributed by atoms with van der Waals surface area (Å²) in [5.74, 6) is -2.58. The van der Waals surface area contributed by atoms with Crippen LogP contribution in [0.25, 0.3) is 5.76 Å². The first kappa shape index (κ1) is 19.9. The fourth-order valence-corrected chi connectivity index (χ4v) is 3.73. The van der Waals surface area contributed by atoms with Crippen LogP contribution in [-0.4, -0.2) is 21.7 Å². The maximum absolute atomic E-state index is 14.7. The first-order valence-corrected chi connectivity index (χ1v) is 9.68. The van der Waals surface area contributed by atoms with E-state index in [0.717, 1.165) is 5.56 Å². The SMILES string of the molecule is O=C1C(=O)N(Cc2ccccc2)[C@H](c2ccccc2F)/C1=C(\O)c1ccc(Cl)cc1. The van der Waals surface area contributed by atoms with Crippen LogP contribution in [0.5, 0.6) is 0 Å². The van der Waals surface area contributed by atoms with Crippen LogP contribution in [-0.2, 0) is 16.1 Å². The second-order valence-electron chi connectivity index (χ2n) is 6.94. The Hall–Kier alpha value is -3.44. The van der Waals surface area contributed by atoms with Gasteiger partial charge in [0.05, 0.1) is 11.6 Å². The number of Topliss-reactive ketones (excluding diaryl/α,β-unsaturated/α-hetero) is 1. The summed E-state index contributed by atoms with van der Waals surface area (Å²) in [6.07, 6.45) is 0. The molecule has 1 saturated heterocycles. The Morgan fingerprint density at radius 2 is 1.57 bits per heavy atom. The van der Waals surface area contributed by atoms with Crippen LogP contribution in [0.2, 0.25) is 5.02 Å². The number of benzene rings is 3. The molecule has 1 aliphatic heterocycles. The molecule has 1 fully saturated rings. The molecule has 30 heavy (non-hydrogen) atoms. The van der Waals surface area contributed by atoms with Gasteiger partial charge in [0.2, 0.25) is 0 Å². The van der Waals surface area contributed by atoms with Gasteiger partial charge in [0, 0.05) is 22.7 Å². The largest absolute Gasteiger partial charge is 0.507 e. The predicted molar refractivity (Wildman–Crippen MR) is 112 cm³/mol. The Kier molecular flexibility index (Phi) is 5.38. The molecule has 3 aromatic carbocycles. The smallest absolute Gasteiger partial charge is 0.295 e. The zero-order chi connectivity index (χ0) is 21.3. The topological polar surface area (TPSA) is 57.6 Å². The van der Waals surface area contributed by atoms with E-state index in [-0.39, 0.29) is 23.4 Å². The van der Waals surface area contributed by atoms with Crippen molar-refractivity contribution in [1.82, 2.24) is 4.90 Å². The highest BCUT2D eigenvalue weighted by Gasteiger charge is 2.46. The molecule has 1 atom stereocenters. The molecule has 0 radical (unpaired) electrons. The Morgan fingerprint density at radius 3 is 2.23 bits per heavy atom. The highest BCUT2D eigenvalue weighted by atomic mass is 35.5. The van der Waals surface area contributed by atoms with E-state index in [9.17, 15) is 19.1 Å². The monoisotopic (exact) mass is 421 g/mol. The van der Waals surface area contributed by atoms with E-state index in [0.29, 0.717) is 10.6 Å². The molecule has 150 valence electrons. The van der Waals surface area contributed by atoms with Crippen molar-refractivity contribution in [3.8, 4) is 0 Å². The standard InChI is InChI=1S/C24H17ClFNO3/c25-17-12-10-16(11-13-17)22(28)20-21(18-8-4-5-9-19(18)26)27(24(30)23(20)29)14-15-6-2-1-3-7-15/h1-13,21,28H,14H2/b22-20+/t21-/m1/s1. The number of carbonyl (C=O) groups is 2. The van der Waals surface area contributed by atoms with E-state index < -0.39 is 23.5 Å². The van der Waals surface area contributed by atoms with E-state index >= 15 is 0 Å². The lowest BCUT2D eigenvalue weighted by molar-refractivity contribution is -0.140. The van der Waals surface area contributed by atoms with E-state index in [1.807, 2.05) is 30.3 Å². The van der Waals surface area contributed by atoms with Gasteiger partial charge in [0.25, 0.3) is 11.7 Å². The van der Waals surface area contributed by atoms with Crippen LogP contribution in [0, 0.1) is 5.82 Å². The molecule has 3 aromatic rings. The number of hydrogen-bond acceptors (Lipinski definition) is 3. The van der Waals surface area contributed by atoms with Crippen molar-refractivity contribution in [3.05, 3.63) is 112 Å². The van der Waals surface area contributed by atoms with E-state index in [1.165, 1.54) is 23.1 Å². The van der Waals surface area contributed by atoms with Crippen molar-refractivity contribution in [3.63, 3.8) is 0 Å². The lowest BCUT2D eigenvalue weighted by Gasteiger charge is -2.25. The Balaban J connectivity index is 1.88. The first-order valence-electron chi connectivity index (χ1n) is 9.30. The summed E-state index contributed by atoms with van der Waals surface area (Å²) in [5, 5.41) is 11.4. The number of hydrogen-bond donors (Lipinski definition) is 1. The minimum Gasteiger partial charge on any atom is -0.507 e. The molecule has 1 N–H and O–H groups in total. The maximum Gasteiger partial charge on any atom is 0.295 e. The molecule has 0 bridgehead atoms. The van der Waals surface area contributed by atoms with Crippen LogP contribution in [0.1, 0.15) is 22.7 Å². The number of nitrogens with zero attached hydrogens (tertiary/aromatic N) is 1. The summed E-state index contributed by atoms with van der Waals surface area (Å²) in [7, 11) is 0. The fourth-order valence-electron chi connectivity index (χ4n) is 3.61. The Bertz CT molecular complexity index is 1140. The summed E-state index contributed by atoms with van der Waals surface area (Å²) in [4.78, 5) is 27.1. The van der Waals surface area contributed by atoms with Crippen molar-refractivity contribution < 1.29 is 19.1 Å².